The highest BCUT2D eigenvalue weighted by Gasteiger charge is 2.21. The molecule has 2 rings (SSSR count). The fraction of sp³-hybridized carbons (Fsp3) is 0.562. The van der Waals surface area contributed by atoms with E-state index < -0.39 is 0 Å². The molecule has 2 heterocycles. The van der Waals surface area contributed by atoms with Gasteiger partial charge in [0.05, 0.1) is 9.75 Å². The first-order chi connectivity index (χ1) is 10.1. The van der Waals surface area contributed by atoms with Crippen LogP contribution >= 0.6 is 11.3 Å². The summed E-state index contributed by atoms with van der Waals surface area (Å²) in [5.41, 5.74) is 0.991. The standard InChI is InChI=1S/C16H22N2O2S/c1-3-18-8-4-6-13(11-18)17-16(20)15-10-12(2)14(21-15)7-5-9-19/h10,13,19H,3-4,6,8-9,11H2,1-2H3,(H,17,20). The molecule has 0 radical (unpaired) electrons. The number of aliphatic hydroxyl groups is 1. The zero-order valence-electron chi connectivity index (χ0n) is 12.6. The largest absolute Gasteiger partial charge is 0.384 e. The molecule has 1 aromatic heterocycles. The van der Waals surface area contributed by atoms with Gasteiger partial charge in [0.2, 0.25) is 0 Å². The average molecular weight is 306 g/mol. The molecule has 0 spiro atoms. The third kappa shape index (κ3) is 4.31. The van der Waals surface area contributed by atoms with Gasteiger partial charge in [0, 0.05) is 12.6 Å². The van der Waals surface area contributed by atoms with Crippen LogP contribution in [0.3, 0.4) is 0 Å². The van der Waals surface area contributed by atoms with Crippen LogP contribution in [0.4, 0.5) is 0 Å². The van der Waals surface area contributed by atoms with Gasteiger partial charge in [-0.1, -0.05) is 18.8 Å². The molecule has 114 valence electrons. The van der Waals surface area contributed by atoms with Crippen LogP contribution in [0.5, 0.6) is 0 Å². The second kappa shape index (κ2) is 7.60. The number of hydrogen-bond acceptors (Lipinski definition) is 4. The Morgan fingerprint density at radius 3 is 3.14 bits per heavy atom. The fourth-order valence-electron chi connectivity index (χ4n) is 2.55. The minimum absolute atomic E-state index is 0.0110. The van der Waals surface area contributed by atoms with Crippen molar-refractivity contribution in [2.24, 2.45) is 0 Å². The summed E-state index contributed by atoms with van der Waals surface area (Å²) in [7, 11) is 0. The Hall–Kier alpha value is -1.35. The predicted molar refractivity (Wildman–Crippen MR) is 85.6 cm³/mol. The molecular formula is C16H22N2O2S. The van der Waals surface area contributed by atoms with E-state index in [4.69, 9.17) is 5.11 Å². The highest BCUT2D eigenvalue weighted by atomic mass is 32.1. The van der Waals surface area contributed by atoms with Crippen molar-refractivity contribution in [1.29, 1.82) is 0 Å². The summed E-state index contributed by atoms with van der Waals surface area (Å²) in [6.45, 7) is 7.03. The molecule has 1 aliphatic heterocycles. The van der Waals surface area contributed by atoms with E-state index >= 15 is 0 Å². The molecule has 1 unspecified atom stereocenters. The van der Waals surface area contributed by atoms with Gasteiger partial charge in [-0.2, -0.15) is 0 Å². The Balaban J connectivity index is 2.00. The van der Waals surface area contributed by atoms with Crippen LogP contribution in [-0.2, 0) is 0 Å². The van der Waals surface area contributed by atoms with Crippen LogP contribution in [0.2, 0.25) is 0 Å². The molecule has 1 amide bonds. The lowest BCUT2D eigenvalue weighted by Gasteiger charge is -2.32. The second-order valence-corrected chi connectivity index (χ2v) is 6.34. The molecule has 0 saturated carbocycles. The maximum absolute atomic E-state index is 12.3. The smallest absolute Gasteiger partial charge is 0.261 e. The predicted octanol–water partition coefficient (Wildman–Crippen LogP) is 1.61. The van der Waals surface area contributed by atoms with E-state index in [0.29, 0.717) is 4.88 Å². The third-order valence-electron chi connectivity index (χ3n) is 3.71. The van der Waals surface area contributed by atoms with Crippen molar-refractivity contribution < 1.29 is 9.90 Å². The number of piperidine rings is 1. The summed E-state index contributed by atoms with van der Waals surface area (Å²) in [5, 5.41) is 11.9. The van der Waals surface area contributed by atoms with Crippen molar-refractivity contribution in [3.8, 4) is 11.8 Å². The van der Waals surface area contributed by atoms with Gasteiger partial charge in [0.25, 0.3) is 5.91 Å². The van der Waals surface area contributed by atoms with Crippen molar-refractivity contribution in [2.75, 3.05) is 26.2 Å². The van der Waals surface area contributed by atoms with Crippen molar-refractivity contribution in [3.63, 3.8) is 0 Å². The van der Waals surface area contributed by atoms with Crippen molar-refractivity contribution in [3.05, 3.63) is 21.4 Å². The molecule has 0 aromatic carbocycles. The van der Waals surface area contributed by atoms with Gasteiger partial charge in [0.15, 0.2) is 0 Å². The van der Waals surface area contributed by atoms with Crippen LogP contribution in [0.25, 0.3) is 0 Å². The first kappa shape index (κ1) is 16.0. The zero-order chi connectivity index (χ0) is 15.2. The van der Waals surface area contributed by atoms with Gasteiger partial charge in [-0.25, -0.2) is 0 Å². The van der Waals surface area contributed by atoms with Crippen LogP contribution in [-0.4, -0.2) is 48.2 Å². The van der Waals surface area contributed by atoms with E-state index in [9.17, 15) is 4.79 Å². The monoisotopic (exact) mass is 306 g/mol. The van der Waals surface area contributed by atoms with Crippen LogP contribution in [0.1, 0.15) is 39.9 Å². The number of nitrogens with zero attached hydrogens (tertiary/aromatic N) is 1. The van der Waals surface area contributed by atoms with E-state index in [1.807, 2.05) is 13.0 Å². The topological polar surface area (TPSA) is 52.6 Å². The highest BCUT2D eigenvalue weighted by molar-refractivity contribution is 7.14. The van der Waals surface area contributed by atoms with E-state index in [-0.39, 0.29) is 18.6 Å². The number of amides is 1. The molecule has 21 heavy (non-hydrogen) atoms. The number of carbonyl (C=O) groups is 1. The normalized spacial score (nSPS) is 18.9. The van der Waals surface area contributed by atoms with Gasteiger partial charge in [-0.3, -0.25) is 4.79 Å². The molecule has 0 bridgehead atoms. The Labute approximate surface area is 130 Å². The highest BCUT2D eigenvalue weighted by Crippen LogP contribution is 2.21. The van der Waals surface area contributed by atoms with Crippen molar-refractivity contribution in [1.82, 2.24) is 10.2 Å². The van der Waals surface area contributed by atoms with E-state index in [0.717, 1.165) is 42.9 Å². The lowest BCUT2D eigenvalue weighted by atomic mass is 10.1. The van der Waals surface area contributed by atoms with Gasteiger partial charge in [-0.15, -0.1) is 11.3 Å². The maximum atomic E-state index is 12.3. The minimum Gasteiger partial charge on any atom is -0.384 e. The van der Waals surface area contributed by atoms with Gasteiger partial charge < -0.3 is 15.3 Å². The number of aryl methyl sites for hydroxylation is 1. The van der Waals surface area contributed by atoms with Crippen LogP contribution in [0.15, 0.2) is 6.07 Å². The number of carbonyl (C=O) groups excluding carboxylic acids is 1. The first-order valence-electron chi connectivity index (χ1n) is 7.37. The second-order valence-electron chi connectivity index (χ2n) is 5.29. The molecule has 1 aliphatic rings. The summed E-state index contributed by atoms with van der Waals surface area (Å²) in [4.78, 5) is 16.3. The number of hydrogen-bond donors (Lipinski definition) is 2. The first-order valence-corrected chi connectivity index (χ1v) is 8.19. The summed E-state index contributed by atoms with van der Waals surface area (Å²) >= 11 is 1.39. The summed E-state index contributed by atoms with van der Waals surface area (Å²) < 4.78 is 0. The fourth-order valence-corrected chi connectivity index (χ4v) is 3.51. The number of rotatable bonds is 3. The Morgan fingerprint density at radius 2 is 2.43 bits per heavy atom. The number of likely N-dealkylation sites (N-methyl/N-ethyl adjacent to an activating group) is 1. The SMILES string of the molecule is CCN1CCCC(NC(=O)c2cc(C)c(C#CCO)s2)C1. The Bertz CT molecular complexity index is 556. The number of thiophene rings is 1. The lowest BCUT2D eigenvalue weighted by molar-refractivity contribution is 0.0910. The van der Waals surface area contributed by atoms with Crippen LogP contribution < -0.4 is 5.32 Å². The van der Waals surface area contributed by atoms with Crippen LogP contribution in [0, 0.1) is 18.8 Å². The van der Waals surface area contributed by atoms with E-state index in [1.54, 1.807) is 0 Å². The zero-order valence-corrected chi connectivity index (χ0v) is 13.4. The molecule has 1 aromatic rings. The molecule has 2 N–H and O–H groups in total. The number of nitrogens with one attached hydrogen (secondary N) is 1. The molecule has 4 nitrogen and oxygen atoms in total. The van der Waals surface area contributed by atoms with Gasteiger partial charge in [-0.05, 0) is 44.5 Å². The summed E-state index contributed by atoms with van der Waals surface area (Å²) in [5.74, 6) is 5.51. The Morgan fingerprint density at radius 1 is 1.62 bits per heavy atom. The van der Waals surface area contributed by atoms with Crippen molar-refractivity contribution >= 4 is 17.2 Å². The molecule has 5 heteroatoms. The average Bonchev–Trinajstić information content (AvgIpc) is 2.86. The summed E-state index contributed by atoms with van der Waals surface area (Å²) in [6.07, 6.45) is 2.18. The maximum Gasteiger partial charge on any atom is 0.261 e. The molecule has 1 atom stereocenters. The number of aliphatic hydroxyl groups excluding tert-OH is 1. The van der Waals surface area contributed by atoms with Crippen molar-refractivity contribution in [2.45, 2.75) is 32.7 Å². The minimum atomic E-state index is -0.159. The molecular weight excluding hydrogens is 284 g/mol. The lowest BCUT2D eigenvalue weighted by Crippen LogP contribution is -2.47. The quantitative estimate of drug-likeness (QED) is 0.834. The van der Waals surface area contributed by atoms with E-state index in [2.05, 4.69) is 29.0 Å². The van der Waals surface area contributed by atoms with Gasteiger partial charge in [0.1, 0.15) is 6.61 Å². The molecule has 0 aliphatic carbocycles. The molecule has 1 saturated heterocycles. The third-order valence-corrected chi connectivity index (χ3v) is 4.86. The molecule has 1 fully saturated rings. The summed E-state index contributed by atoms with van der Waals surface area (Å²) in [6, 6.07) is 2.11. The van der Waals surface area contributed by atoms with E-state index in [1.165, 1.54) is 11.3 Å². The van der Waals surface area contributed by atoms with Gasteiger partial charge >= 0.3 is 0 Å². The number of likely N-dealkylation sites (tertiary alicyclic amines) is 1. The Kier molecular flexibility index (Phi) is 5.80.